The summed E-state index contributed by atoms with van der Waals surface area (Å²) in [5, 5.41) is 11.7. The van der Waals surface area contributed by atoms with Gasteiger partial charge < -0.3 is 15.4 Å². The van der Waals surface area contributed by atoms with Crippen molar-refractivity contribution < 1.29 is 13.2 Å². The highest BCUT2D eigenvalue weighted by molar-refractivity contribution is 7.91. The predicted octanol–water partition coefficient (Wildman–Crippen LogP) is 1.27. The van der Waals surface area contributed by atoms with E-state index in [1.54, 1.807) is 20.2 Å². The Morgan fingerprint density at radius 1 is 1.42 bits per heavy atom. The molecule has 0 bridgehead atoms. The maximum atomic E-state index is 11.3. The Morgan fingerprint density at radius 2 is 2.17 bits per heavy atom. The summed E-state index contributed by atoms with van der Waals surface area (Å²) in [6, 6.07) is 3.29. The summed E-state index contributed by atoms with van der Waals surface area (Å²) >= 11 is 1.17. The highest BCUT2D eigenvalue weighted by atomic mass is 32.2. The van der Waals surface area contributed by atoms with Gasteiger partial charge in [0.25, 0.3) is 0 Å². The minimum absolute atomic E-state index is 0.176. The second-order valence-corrected chi connectivity index (χ2v) is 9.10. The molecule has 1 aromatic rings. The Kier molecular flexibility index (Phi) is 6.62. The molecule has 0 amide bonds. The Hall–Kier alpha value is -1.16. The lowest BCUT2D eigenvalue weighted by Crippen LogP contribution is -2.46. The van der Waals surface area contributed by atoms with E-state index in [2.05, 4.69) is 15.6 Å². The molecule has 1 saturated carbocycles. The molecule has 0 radical (unpaired) electrons. The average molecular weight is 375 g/mol. The molecule has 9 heteroatoms. The van der Waals surface area contributed by atoms with Gasteiger partial charge in [-0.15, -0.1) is 11.3 Å². The van der Waals surface area contributed by atoms with E-state index in [-0.39, 0.29) is 4.21 Å². The van der Waals surface area contributed by atoms with Crippen LogP contribution in [-0.2, 0) is 21.3 Å². The molecule has 4 N–H and O–H groups in total. The second-order valence-electron chi connectivity index (χ2n) is 6.14. The minimum Gasteiger partial charge on any atom is -0.385 e. The van der Waals surface area contributed by atoms with Gasteiger partial charge in [0, 0.05) is 32.2 Å². The van der Waals surface area contributed by atoms with Crippen LogP contribution in [-0.4, -0.2) is 41.7 Å². The number of nitrogens with one attached hydrogen (secondary N) is 2. The third-order valence-electron chi connectivity index (χ3n) is 4.45. The molecule has 1 fully saturated rings. The molecule has 1 heterocycles. The number of aliphatic imine (C=N–C) groups is 1. The smallest absolute Gasteiger partial charge is 0.247 e. The lowest BCUT2D eigenvalue weighted by Gasteiger charge is -2.42. The molecular weight excluding hydrogens is 348 g/mol. The number of ether oxygens (including phenoxy) is 1. The lowest BCUT2D eigenvalue weighted by atomic mass is 9.67. The van der Waals surface area contributed by atoms with Gasteiger partial charge in [0.2, 0.25) is 10.0 Å². The van der Waals surface area contributed by atoms with E-state index < -0.39 is 10.0 Å². The number of hydrogen-bond donors (Lipinski definition) is 3. The zero-order valence-corrected chi connectivity index (χ0v) is 15.8. The van der Waals surface area contributed by atoms with Crippen LogP contribution in [0.15, 0.2) is 21.3 Å². The number of nitrogens with two attached hydrogens (primary N) is 1. The van der Waals surface area contributed by atoms with Crippen LogP contribution in [0.1, 0.15) is 30.6 Å². The fourth-order valence-electron chi connectivity index (χ4n) is 2.78. The number of nitrogens with zero attached hydrogens (tertiary/aromatic N) is 1. The SMILES string of the molecule is CN=C(NCc1ccc(S(N)(=O)=O)s1)NCC1(CCOC)CCC1. The Labute approximate surface area is 147 Å². The molecular formula is C15H26N4O3S2. The molecule has 1 aliphatic carbocycles. The van der Waals surface area contributed by atoms with Crippen LogP contribution in [0.2, 0.25) is 0 Å². The maximum absolute atomic E-state index is 11.3. The summed E-state index contributed by atoms with van der Waals surface area (Å²) in [4.78, 5) is 5.11. The number of guanidine groups is 1. The van der Waals surface area contributed by atoms with Gasteiger partial charge in [0.1, 0.15) is 4.21 Å². The van der Waals surface area contributed by atoms with Gasteiger partial charge in [-0.2, -0.15) is 0 Å². The Balaban J connectivity index is 1.83. The molecule has 136 valence electrons. The molecule has 24 heavy (non-hydrogen) atoms. The van der Waals surface area contributed by atoms with Crippen molar-refractivity contribution in [3.63, 3.8) is 0 Å². The van der Waals surface area contributed by atoms with Crippen LogP contribution in [0.25, 0.3) is 0 Å². The van der Waals surface area contributed by atoms with E-state index in [1.165, 1.54) is 36.7 Å². The first-order chi connectivity index (χ1) is 11.4. The summed E-state index contributed by atoms with van der Waals surface area (Å²) in [6.07, 6.45) is 4.74. The van der Waals surface area contributed by atoms with Gasteiger partial charge in [0.05, 0.1) is 6.54 Å². The summed E-state index contributed by atoms with van der Waals surface area (Å²) < 4.78 is 28.0. The van der Waals surface area contributed by atoms with Crippen LogP contribution < -0.4 is 15.8 Å². The first kappa shape index (κ1) is 19.2. The number of rotatable bonds is 8. The number of sulfonamides is 1. The standard InChI is InChI=1S/C15H26N4O3S2/c1-17-14(19-11-15(6-3-7-15)8-9-22-2)18-10-12-4-5-13(23-12)24(16,20)21/h4-5H,3,6-11H2,1-2H3,(H2,16,20,21)(H2,17,18,19). The van der Waals surface area contributed by atoms with Gasteiger partial charge >= 0.3 is 0 Å². The quantitative estimate of drug-likeness (QED) is 0.469. The van der Waals surface area contributed by atoms with Crippen LogP contribution >= 0.6 is 11.3 Å². The fourth-order valence-corrected chi connectivity index (χ4v) is 4.50. The molecule has 7 nitrogen and oxygen atoms in total. The largest absolute Gasteiger partial charge is 0.385 e. The van der Waals surface area contributed by atoms with Crippen LogP contribution in [0.4, 0.5) is 0 Å². The van der Waals surface area contributed by atoms with E-state index in [0.717, 1.165) is 24.4 Å². The number of thiophene rings is 1. The van der Waals surface area contributed by atoms with E-state index in [4.69, 9.17) is 9.88 Å². The van der Waals surface area contributed by atoms with E-state index in [0.29, 0.717) is 17.9 Å². The van der Waals surface area contributed by atoms with Crippen molar-refractivity contribution >= 4 is 27.3 Å². The molecule has 2 rings (SSSR count). The van der Waals surface area contributed by atoms with Crippen molar-refractivity contribution in [1.82, 2.24) is 10.6 Å². The number of methoxy groups -OCH3 is 1. The molecule has 1 aromatic heterocycles. The molecule has 1 aliphatic rings. The van der Waals surface area contributed by atoms with Crippen LogP contribution in [0.3, 0.4) is 0 Å². The fraction of sp³-hybridized carbons (Fsp3) is 0.667. The summed E-state index contributed by atoms with van der Waals surface area (Å²) in [6.45, 7) is 2.15. The molecule has 0 unspecified atom stereocenters. The summed E-state index contributed by atoms with van der Waals surface area (Å²) in [5.41, 5.74) is 0.303. The molecule has 0 aliphatic heterocycles. The zero-order chi connectivity index (χ0) is 17.6. The first-order valence-electron chi connectivity index (χ1n) is 7.93. The second kappa shape index (κ2) is 8.28. The van der Waals surface area contributed by atoms with Crippen LogP contribution in [0, 0.1) is 5.41 Å². The van der Waals surface area contributed by atoms with Gasteiger partial charge in [0.15, 0.2) is 5.96 Å². The normalized spacial score (nSPS) is 17.4. The maximum Gasteiger partial charge on any atom is 0.247 e. The van der Waals surface area contributed by atoms with E-state index >= 15 is 0 Å². The molecule has 0 saturated heterocycles. The van der Waals surface area contributed by atoms with E-state index in [1.807, 2.05) is 0 Å². The summed E-state index contributed by atoms with van der Waals surface area (Å²) in [7, 11) is -0.170. The number of primary sulfonamides is 1. The number of hydrogen-bond acceptors (Lipinski definition) is 5. The van der Waals surface area contributed by atoms with Crippen molar-refractivity contribution in [2.45, 2.75) is 36.4 Å². The van der Waals surface area contributed by atoms with Gasteiger partial charge in [-0.05, 0) is 36.8 Å². The average Bonchev–Trinajstić information content (AvgIpc) is 2.97. The molecule has 0 atom stereocenters. The van der Waals surface area contributed by atoms with Crippen LogP contribution in [0.5, 0.6) is 0 Å². The Bertz CT molecular complexity index is 666. The van der Waals surface area contributed by atoms with Gasteiger partial charge in [-0.25, -0.2) is 13.6 Å². The third-order valence-corrected chi connectivity index (χ3v) is 6.98. The Morgan fingerprint density at radius 3 is 2.67 bits per heavy atom. The minimum atomic E-state index is -3.63. The van der Waals surface area contributed by atoms with Gasteiger partial charge in [-0.1, -0.05) is 6.42 Å². The van der Waals surface area contributed by atoms with Crippen molar-refractivity contribution in [1.29, 1.82) is 0 Å². The van der Waals surface area contributed by atoms with Crippen molar-refractivity contribution in [2.24, 2.45) is 15.5 Å². The molecule has 0 spiro atoms. The summed E-state index contributed by atoms with van der Waals surface area (Å²) in [5.74, 6) is 0.712. The predicted molar refractivity (Wildman–Crippen MR) is 96.7 cm³/mol. The zero-order valence-electron chi connectivity index (χ0n) is 14.2. The topological polar surface area (TPSA) is 106 Å². The first-order valence-corrected chi connectivity index (χ1v) is 10.3. The monoisotopic (exact) mass is 374 g/mol. The third kappa shape index (κ3) is 5.17. The lowest BCUT2D eigenvalue weighted by molar-refractivity contribution is 0.0732. The van der Waals surface area contributed by atoms with Gasteiger partial charge in [-0.3, -0.25) is 4.99 Å². The highest BCUT2D eigenvalue weighted by Gasteiger charge is 2.36. The van der Waals surface area contributed by atoms with Crippen molar-refractivity contribution in [3.8, 4) is 0 Å². The molecule has 0 aromatic carbocycles. The van der Waals surface area contributed by atoms with E-state index in [9.17, 15) is 8.42 Å². The van der Waals surface area contributed by atoms with Crippen molar-refractivity contribution in [2.75, 3.05) is 27.3 Å². The van der Waals surface area contributed by atoms with Crippen molar-refractivity contribution in [3.05, 3.63) is 17.0 Å². The highest BCUT2D eigenvalue weighted by Crippen LogP contribution is 2.43.